The third-order valence-corrected chi connectivity index (χ3v) is 6.13. The van der Waals surface area contributed by atoms with E-state index in [4.69, 9.17) is 0 Å². The van der Waals surface area contributed by atoms with Gasteiger partial charge in [0.05, 0.1) is 4.88 Å². The van der Waals surface area contributed by atoms with Gasteiger partial charge >= 0.3 is 0 Å². The average Bonchev–Trinajstić information content (AvgIpc) is 3.26. The molecule has 3 rings (SSSR count). The second kappa shape index (κ2) is 9.67. The minimum absolute atomic E-state index is 0.0883. The van der Waals surface area contributed by atoms with Crippen molar-refractivity contribution in [3.05, 3.63) is 93.7 Å². The Morgan fingerprint density at radius 1 is 0.929 bits per heavy atom. The van der Waals surface area contributed by atoms with E-state index in [1.54, 1.807) is 11.3 Å². The first-order chi connectivity index (χ1) is 13.6. The fourth-order valence-corrected chi connectivity index (χ4v) is 4.37. The summed E-state index contributed by atoms with van der Waals surface area (Å²) in [5.41, 5.74) is 3.52. The summed E-state index contributed by atoms with van der Waals surface area (Å²) in [6, 6.07) is 22.9. The lowest BCUT2D eigenvalue weighted by molar-refractivity contribution is -0.714. The number of carbonyl (C=O) groups is 1. The smallest absolute Gasteiger partial charge is 0.285 e. The average molecular weight is 394 g/mol. The predicted molar refractivity (Wildman–Crippen MR) is 116 cm³/mol. The van der Waals surface area contributed by atoms with Crippen LogP contribution in [0.4, 0.5) is 0 Å². The van der Waals surface area contributed by atoms with Gasteiger partial charge in [-0.05, 0) is 32.2 Å². The fourth-order valence-electron chi connectivity index (χ4n) is 3.53. The largest absolute Gasteiger partial charge is 0.338 e. The Morgan fingerprint density at radius 3 is 2.18 bits per heavy atom. The van der Waals surface area contributed by atoms with Crippen molar-refractivity contribution in [3.8, 4) is 0 Å². The topological polar surface area (TPSA) is 36.9 Å². The van der Waals surface area contributed by atoms with E-state index in [1.807, 2.05) is 36.9 Å². The van der Waals surface area contributed by atoms with Crippen LogP contribution >= 0.6 is 11.3 Å². The van der Waals surface area contributed by atoms with Gasteiger partial charge in [0, 0.05) is 24.2 Å². The number of likely N-dealkylation sites (N-methyl/N-ethyl adjacent to an activating group) is 1. The lowest BCUT2D eigenvalue weighted by Gasteiger charge is -2.27. The molecular formula is C24H29N2OS+. The number of carbonyl (C=O) groups excluding carboxylic acids is 1. The maximum Gasteiger partial charge on any atom is 0.285 e. The molecule has 0 bridgehead atoms. The van der Waals surface area contributed by atoms with Gasteiger partial charge in [0.15, 0.2) is 6.04 Å². The van der Waals surface area contributed by atoms with Crippen LogP contribution in [0.2, 0.25) is 0 Å². The standard InChI is InChI=1S/C24H28N2OS/c1-4-26(5-2)24(27)23(19-10-7-6-8-11-19)25-22(21-12-9-17-28-21)20-15-13-18(3)14-16-20/h6-17,22-23,25H,4-5H2,1-3H3/p+1/t22-,23+/m0/s1. The van der Waals surface area contributed by atoms with Crippen LogP contribution in [-0.2, 0) is 4.79 Å². The second-order valence-electron chi connectivity index (χ2n) is 7.00. The molecule has 1 aromatic heterocycles. The van der Waals surface area contributed by atoms with E-state index < -0.39 is 0 Å². The number of nitrogens with two attached hydrogens (primary N) is 1. The minimum Gasteiger partial charge on any atom is -0.338 e. The normalized spacial score (nSPS) is 13.1. The van der Waals surface area contributed by atoms with E-state index in [0.29, 0.717) is 0 Å². The van der Waals surface area contributed by atoms with Gasteiger partial charge in [-0.2, -0.15) is 0 Å². The molecule has 0 aliphatic heterocycles. The molecule has 28 heavy (non-hydrogen) atoms. The second-order valence-corrected chi connectivity index (χ2v) is 7.97. The number of rotatable bonds is 8. The molecule has 0 radical (unpaired) electrons. The Balaban J connectivity index is 2.00. The van der Waals surface area contributed by atoms with Crippen LogP contribution in [0.3, 0.4) is 0 Å². The maximum absolute atomic E-state index is 13.4. The Morgan fingerprint density at radius 2 is 1.61 bits per heavy atom. The van der Waals surface area contributed by atoms with Crippen LogP contribution < -0.4 is 5.32 Å². The highest BCUT2D eigenvalue weighted by Gasteiger charge is 2.32. The Kier molecular flexibility index (Phi) is 7.01. The summed E-state index contributed by atoms with van der Waals surface area (Å²) >= 11 is 1.74. The number of quaternary nitrogens is 1. The van der Waals surface area contributed by atoms with E-state index in [2.05, 4.69) is 66.2 Å². The molecule has 0 aliphatic rings. The number of thiophene rings is 1. The first-order valence-electron chi connectivity index (χ1n) is 9.92. The van der Waals surface area contributed by atoms with Crippen LogP contribution in [0.5, 0.6) is 0 Å². The molecule has 3 aromatic rings. The van der Waals surface area contributed by atoms with Gasteiger partial charge in [0.2, 0.25) is 0 Å². The Bertz CT molecular complexity index is 855. The van der Waals surface area contributed by atoms with Crippen molar-refractivity contribution in [3.63, 3.8) is 0 Å². The molecule has 4 heteroatoms. The SMILES string of the molecule is CCN(CC)C(=O)[C@H]([NH2+][C@@H](c1ccc(C)cc1)c1cccs1)c1ccccc1. The van der Waals surface area contributed by atoms with Crippen molar-refractivity contribution in [2.24, 2.45) is 0 Å². The van der Waals surface area contributed by atoms with Crippen molar-refractivity contribution >= 4 is 17.2 Å². The summed E-state index contributed by atoms with van der Waals surface area (Å²) in [7, 11) is 0. The van der Waals surface area contributed by atoms with Crippen LogP contribution in [0, 0.1) is 6.92 Å². The summed E-state index contributed by atoms with van der Waals surface area (Å²) < 4.78 is 0. The molecule has 1 amide bonds. The van der Waals surface area contributed by atoms with Crippen molar-refractivity contribution in [1.82, 2.24) is 4.90 Å². The highest BCUT2D eigenvalue weighted by atomic mass is 32.1. The summed E-state index contributed by atoms with van der Waals surface area (Å²) in [6.45, 7) is 7.63. The lowest BCUT2D eigenvalue weighted by Crippen LogP contribution is -2.88. The van der Waals surface area contributed by atoms with Crippen molar-refractivity contribution in [2.45, 2.75) is 32.9 Å². The maximum atomic E-state index is 13.4. The van der Waals surface area contributed by atoms with Gasteiger partial charge in [0.1, 0.15) is 6.04 Å². The minimum atomic E-state index is -0.269. The predicted octanol–water partition coefficient (Wildman–Crippen LogP) is 4.32. The summed E-state index contributed by atoms with van der Waals surface area (Å²) in [5.74, 6) is 0.171. The zero-order valence-corrected chi connectivity index (χ0v) is 17.7. The molecular weight excluding hydrogens is 364 g/mol. The number of amides is 1. The molecule has 146 valence electrons. The number of nitrogens with zero attached hydrogens (tertiary/aromatic N) is 1. The van der Waals surface area contributed by atoms with Gasteiger partial charge < -0.3 is 10.2 Å². The fraction of sp³-hybridized carbons (Fsp3) is 0.292. The van der Waals surface area contributed by atoms with Crippen LogP contribution in [0.1, 0.15) is 47.5 Å². The molecule has 2 aromatic carbocycles. The van der Waals surface area contributed by atoms with Gasteiger partial charge in [-0.3, -0.25) is 4.79 Å². The molecule has 0 aliphatic carbocycles. The number of benzene rings is 2. The van der Waals surface area contributed by atoms with Gasteiger partial charge in [-0.1, -0.05) is 66.2 Å². The first kappa shape index (κ1) is 20.3. The zero-order valence-electron chi connectivity index (χ0n) is 16.8. The third-order valence-electron chi connectivity index (χ3n) is 5.17. The molecule has 2 N–H and O–H groups in total. The Labute approximate surface area is 172 Å². The summed E-state index contributed by atoms with van der Waals surface area (Å²) in [5, 5.41) is 4.33. The monoisotopic (exact) mass is 393 g/mol. The van der Waals surface area contributed by atoms with Crippen LogP contribution in [0.25, 0.3) is 0 Å². The Hall–Kier alpha value is -2.43. The molecule has 0 fully saturated rings. The first-order valence-corrected chi connectivity index (χ1v) is 10.8. The number of hydrogen-bond donors (Lipinski definition) is 1. The van der Waals surface area contributed by atoms with Crippen LogP contribution in [-0.4, -0.2) is 23.9 Å². The molecule has 0 spiro atoms. The van der Waals surface area contributed by atoms with Gasteiger partial charge in [0.25, 0.3) is 5.91 Å². The van der Waals surface area contributed by atoms with Crippen molar-refractivity contribution in [1.29, 1.82) is 0 Å². The van der Waals surface area contributed by atoms with Gasteiger partial charge in [-0.25, -0.2) is 0 Å². The lowest BCUT2D eigenvalue weighted by atomic mass is 9.99. The van der Waals surface area contributed by atoms with Crippen LogP contribution in [0.15, 0.2) is 72.1 Å². The number of hydrogen-bond acceptors (Lipinski definition) is 2. The third kappa shape index (κ3) is 4.70. The van der Waals surface area contributed by atoms with Crippen molar-refractivity contribution in [2.75, 3.05) is 13.1 Å². The van der Waals surface area contributed by atoms with E-state index in [9.17, 15) is 4.79 Å². The highest BCUT2D eigenvalue weighted by Crippen LogP contribution is 2.25. The highest BCUT2D eigenvalue weighted by molar-refractivity contribution is 7.10. The van der Waals surface area contributed by atoms with E-state index >= 15 is 0 Å². The summed E-state index contributed by atoms with van der Waals surface area (Å²) in [6.07, 6.45) is 0. The molecule has 0 saturated heterocycles. The molecule has 2 atom stereocenters. The molecule has 0 saturated carbocycles. The van der Waals surface area contributed by atoms with Gasteiger partial charge in [-0.15, -0.1) is 11.3 Å². The van der Waals surface area contributed by atoms with Crippen molar-refractivity contribution < 1.29 is 10.1 Å². The molecule has 1 heterocycles. The van der Waals surface area contributed by atoms with E-state index in [-0.39, 0.29) is 18.0 Å². The zero-order chi connectivity index (χ0) is 19.9. The summed E-state index contributed by atoms with van der Waals surface area (Å²) in [4.78, 5) is 16.6. The molecule has 0 unspecified atom stereocenters. The van der Waals surface area contributed by atoms with E-state index in [0.717, 1.165) is 18.7 Å². The quantitative estimate of drug-likeness (QED) is 0.608. The number of aryl methyl sites for hydroxylation is 1. The molecule has 3 nitrogen and oxygen atoms in total. The van der Waals surface area contributed by atoms with E-state index in [1.165, 1.54) is 16.0 Å².